The summed E-state index contributed by atoms with van der Waals surface area (Å²) in [6, 6.07) is 8.88. The number of phenols is 1. The number of rotatable bonds is 4. The zero-order chi connectivity index (χ0) is 19.0. The average molecular weight is 441 g/mol. The molecule has 1 aliphatic rings. The van der Waals surface area contributed by atoms with Crippen LogP contribution in [-0.2, 0) is 4.79 Å². The number of aromatic hydroxyl groups is 1. The lowest BCUT2D eigenvalue weighted by Crippen LogP contribution is -2.63. The Bertz CT molecular complexity index is 875. The van der Waals surface area contributed by atoms with E-state index in [0.29, 0.717) is 21.3 Å². The second-order valence-corrected chi connectivity index (χ2v) is 7.00. The molecule has 3 rings (SSSR count). The van der Waals surface area contributed by atoms with Crippen LogP contribution in [0.1, 0.15) is 22.0 Å². The van der Waals surface area contributed by atoms with E-state index in [1.807, 2.05) is 0 Å². The number of halogens is 2. The fraction of sp³-hybridized carbons (Fsp3) is 0.176. The first-order valence-electron chi connectivity index (χ1n) is 7.53. The molecule has 136 valence electrons. The van der Waals surface area contributed by atoms with Gasteiger partial charge in [-0.25, -0.2) is 5.01 Å². The van der Waals surface area contributed by atoms with Gasteiger partial charge in [0, 0.05) is 11.3 Å². The largest absolute Gasteiger partial charge is 0.503 e. The zero-order valence-electron chi connectivity index (χ0n) is 13.6. The van der Waals surface area contributed by atoms with Crippen LogP contribution in [0.15, 0.2) is 40.9 Å². The Morgan fingerprint density at radius 3 is 2.62 bits per heavy atom. The lowest BCUT2D eigenvalue weighted by atomic mass is 9.95. The Morgan fingerprint density at radius 2 is 2.00 bits per heavy atom. The molecule has 0 unspecified atom stereocenters. The van der Waals surface area contributed by atoms with Crippen LogP contribution >= 0.6 is 27.5 Å². The quantitative estimate of drug-likeness (QED) is 0.385. The van der Waals surface area contributed by atoms with Crippen LogP contribution in [0.5, 0.6) is 11.5 Å². The number of hydrazine groups is 1. The highest BCUT2D eigenvalue weighted by atomic mass is 79.9. The molecule has 2 amide bonds. The fourth-order valence-electron chi connectivity index (χ4n) is 2.63. The summed E-state index contributed by atoms with van der Waals surface area (Å²) in [6.45, 7) is 0. The Kier molecular flexibility index (Phi) is 4.97. The number of phenolic OH excluding ortho intramolecular Hbond substituents is 1. The minimum Gasteiger partial charge on any atom is -0.503 e. The first-order chi connectivity index (χ1) is 12.3. The molecule has 0 spiro atoms. The van der Waals surface area contributed by atoms with Crippen LogP contribution in [0.25, 0.3) is 0 Å². The molecule has 2 atom stereocenters. The van der Waals surface area contributed by atoms with Gasteiger partial charge in [0.1, 0.15) is 11.4 Å². The Hall–Kier alpha value is -2.45. The van der Waals surface area contributed by atoms with Crippen molar-refractivity contribution >= 4 is 45.0 Å². The maximum atomic E-state index is 12.4. The summed E-state index contributed by atoms with van der Waals surface area (Å²) in [6.07, 6.45) is 0. The predicted molar refractivity (Wildman–Crippen MR) is 99.9 cm³/mol. The molecular weight excluding hydrogens is 426 g/mol. The van der Waals surface area contributed by atoms with Gasteiger partial charge in [-0.2, -0.15) is 0 Å². The third-order valence-electron chi connectivity index (χ3n) is 4.04. The van der Waals surface area contributed by atoms with Gasteiger partial charge in [0.05, 0.1) is 11.6 Å². The number of carbonyl (C=O) groups is 2. The number of nitrogen functional groups attached to an aromatic ring is 1. The number of benzene rings is 2. The molecule has 0 bridgehead atoms. The minimum absolute atomic E-state index is 0.0644. The molecule has 7 nitrogen and oxygen atoms in total. The van der Waals surface area contributed by atoms with Crippen LogP contribution in [0.3, 0.4) is 0 Å². The van der Waals surface area contributed by atoms with Crippen LogP contribution < -0.4 is 15.9 Å². The molecule has 0 aromatic heterocycles. The van der Waals surface area contributed by atoms with Gasteiger partial charge < -0.3 is 15.6 Å². The van der Waals surface area contributed by atoms with Crippen molar-refractivity contribution in [2.24, 2.45) is 0 Å². The number of anilines is 1. The molecule has 1 aliphatic heterocycles. The summed E-state index contributed by atoms with van der Waals surface area (Å²) in [5, 5.41) is 10.2. The van der Waals surface area contributed by atoms with E-state index in [9.17, 15) is 14.7 Å². The van der Waals surface area contributed by atoms with Crippen molar-refractivity contribution < 1.29 is 19.4 Å². The Morgan fingerprint density at radius 1 is 1.35 bits per heavy atom. The standard InChI is InChI=1S/C17H15BrClN3O4/c1-26-12-7-9(6-11(18)15(12)23)14-13(19)17(25)22(14)21-16(24)8-2-4-10(20)5-3-8/h2-7,13-14,23H,20H2,1H3,(H,21,24)/t13-,14-/m0/s1. The molecule has 2 aromatic rings. The second-order valence-electron chi connectivity index (χ2n) is 5.67. The first kappa shape index (κ1) is 18.3. The molecule has 26 heavy (non-hydrogen) atoms. The van der Waals surface area contributed by atoms with E-state index in [0.717, 1.165) is 5.01 Å². The number of nitrogens with zero attached hydrogens (tertiary/aromatic N) is 1. The highest BCUT2D eigenvalue weighted by molar-refractivity contribution is 9.10. The molecular formula is C17H15BrClN3O4. The molecule has 9 heteroatoms. The summed E-state index contributed by atoms with van der Waals surface area (Å²) < 4.78 is 5.51. The average Bonchev–Trinajstić information content (AvgIpc) is 2.63. The topological polar surface area (TPSA) is 105 Å². The first-order valence-corrected chi connectivity index (χ1v) is 8.76. The fourth-order valence-corrected chi connectivity index (χ4v) is 3.45. The lowest BCUT2D eigenvalue weighted by molar-refractivity contribution is -0.149. The number of β-lactam (4-membered cyclic amide) rings is 1. The van der Waals surface area contributed by atoms with Crippen LogP contribution in [0.4, 0.5) is 5.69 Å². The number of methoxy groups -OCH3 is 1. The van der Waals surface area contributed by atoms with E-state index < -0.39 is 23.2 Å². The third-order valence-corrected chi connectivity index (χ3v) is 5.07. The molecule has 4 N–H and O–H groups in total. The third kappa shape index (κ3) is 3.17. The number of alkyl halides is 1. The number of nitrogens with two attached hydrogens (primary N) is 1. The maximum Gasteiger partial charge on any atom is 0.269 e. The van der Waals surface area contributed by atoms with E-state index in [-0.39, 0.29) is 11.5 Å². The van der Waals surface area contributed by atoms with Crippen LogP contribution in [0, 0.1) is 0 Å². The monoisotopic (exact) mass is 439 g/mol. The van der Waals surface area contributed by atoms with Crippen LogP contribution in [-0.4, -0.2) is 34.4 Å². The van der Waals surface area contributed by atoms with E-state index in [1.165, 1.54) is 7.11 Å². The summed E-state index contributed by atoms with van der Waals surface area (Å²) >= 11 is 9.39. The highest BCUT2D eigenvalue weighted by Crippen LogP contribution is 2.43. The molecule has 0 saturated carbocycles. The molecule has 1 fully saturated rings. The highest BCUT2D eigenvalue weighted by Gasteiger charge is 2.48. The SMILES string of the molecule is COc1cc([C@H]2[C@H](Cl)C(=O)N2NC(=O)c2ccc(N)cc2)cc(Br)c1O. The lowest BCUT2D eigenvalue weighted by Gasteiger charge is -2.44. The van der Waals surface area contributed by atoms with Crippen LogP contribution in [0.2, 0.25) is 0 Å². The normalized spacial score (nSPS) is 19.0. The van der Waals surface area contributed by atoms with Crippen molar-refractivity contribution in [2.75, 3.05) is 12.8 Å². The molecule has 2 aromatic carbocycles. The van der Waals surface area contributed by atoms with Gasteiger partial charge in [-0.1, -0.05) is 0 Å². The Labute approximate surface area is 162 Å². The zero-order valence-corrected chi connectivity index (χ0v) is 15.9. The summed E-state index contributed by atoms with van der Waals surface area (Å²) in [5.74, 6) is -0.728. The van der Waals surface area contributed by atoms with Gasteiger partial charge in [-0.15, -0.1) is 11.6 Å². The second kappa shape index (κ2) is 7.05. The summed E-state index contributed by atoms with van der Waals surface area (Å²) in [5.41, 5.74) is 9.64. The van der Waals surface area contributed by atoms with E-state index in [4.69, 9.17) is 22.1 Å². The number of nitrogens with one attached hydrogen (secondary N) is 1. The maximum absolute atomic E-state index is 12.4. The van der Waals surface area contributed by atoms with Crippen molar-refractivity contribution in [3.05, 3.63) is 52.0 Å². The molecule has 1 heterocycles. The van der Waals surface area contributed by atoms with Gasteiger partial charge in [0.25, 0.3) is 11.8 Å². The number of amides is 2. The van der Waals surface area contributed by atoms with Gasteiger partial charge in [-0.3, -0.25) is 15.0 Å². The van der Waals surface area contributed by atoms with E-state index >= 15 is 0 Å². The smallest absolute Gasteiger partial charge is 0.269 e. The Balaban J connectivity index is 1.86. The van der Waals surface area contributed by atoms with Gasteiger partial charge >= 0.3 is 0 Å². The van der Waals surface area contributed by atoms with Crippen molar-refractivity contribution in [1.82, 2.24) is 10.4 Å². The van der Waals surface area contributed by atoms with Crippen molar-refractivity contribution in [1.29, 1.82) is 0 Å². The van der Waals surface area contributed by atoms with Gasteiger partial charge in [0.2, 0.25) is 0 Å². The molecule has 0 aliphatic carbocycles. The van der Waals surface area contributed by atoms with Crippen molar-refractivity contribution in [3.63, 3.8) is 0 Å². The predicted octanol–water partition coefficient (Wildman–Crippen LogP) is 2.58. The summed E-state index contributed by atoms with van der Waals surface area (Å²) in [4.78, 5) is 24.5. The minimum atomic E-state index is -0.845. The number of hydrogen-bond donors (Lipinski definition) is 3. The van der Waals surface area contributed by atoms with Gasteiger partial charge in [-0.05, 0) is 57.9 Å². The number of ether oxygens (including phenoxy) is 1. The number of carbonyl (C=O) groups excluding carboxylic acids is 2. The number of hydrogen-bond acceptors (Lipinski definition) is 5. The van der Waals surface area contributed by atoms with Crippen molar-refractivity contribution in [3.8, 4) is 11.5 Å². The van der Waals surface area contributed by atoms with Crippen molar-refractivity contribution in [2.45, 2.75) is 11.4 Å². The summed E-state index contributed by atoms with van der Waals surface area (Å²) in [7, 11) is 1.41. The van der Waals surface area contributed by atoms with E-state index in [2.05, 4.69) is 21.4 Å². The molecule has 1 saturated heterocycles. The van der Waals surface area contributed by atoms with E-state index in [1.54, 1.807) is 36.4 Å². The van der Waals surface area contributed by atoms with Gasteiger partial charge in [0.15, 0.2) is 11.5 Å². The molecule has 0 radical (unpaired) electrons.